The van der Waals surface area contributed by atoms with Gasteiger partial charge >= 0.3 is 0 Å². The van der Waals surface area contributed by atoms with Crippen molar-refractivity contribution in [2.45, 2.75) is 62.5 Å². The molecule has 2 heterocycles. The lowest BCUT2D eigenvalue weighted by Crippen LogP contribution is -2.48. The summed E-state index contributed by atoms with van der Waals surface area (Å²) in [5, 5.41) is 11.9. The van der Waals surface area contributed by atoms with Crippen LogP contribution in [-0.4, -0.2) is 86.7 Å². The molecule has 2 N–H and O–H groups in total. The van der Waals surface area contributed by atoms with E-state index in [1.807, 2.05) is 32.0 Å². The molecule has 0 unspecified atom stereocenters. The van der Waals surface area contributed by atoms with Gasteiger partial charge in [0.2, 0.25) is 0 Å². The minimum absolute atomic E-state index is 0.125. The summed E-state index contributed by atoms with van der Waals surface area (Å²) in [7, 11) is -2.11. The van der Waals surface area contributed by atoms with Gasteiger partial charge in [-0.1, -0.05) is 31.2 Å². The van der Waals surface area contributed by atoms with Gasteiger partial charge in [0, 0.05) is 43.9 Å². The van der Waals surface area contributed by atoms with Gasteiger partial charge < -0.3 is 24.4 Å². The Balaban J connectivity index is 1.65. The predicted octanol–water partition coefficient (Wildman–Crippen LogP) is 5.12. The standard InChI is InChI=1S/C33H43N3O7S2/c1-23-20-36(24(2)22-37)33(39)28-19-27(34-45(40,41)31-14-10-18-44-31)15-16-29(28)43-25(3)11-8-9-17-42-30(23)21-35(4)32(38)26-12-6-5-7-13-26/h5-7,10,12-16,18-19,23-25,30,34,37H,8-9,11,17,20-22H2,1-4H3/t23-,24-,25+,30+/m0/s1. The van der Waals surface area contributed by atoms with E-state index in [2.05, 4.69) is 4.72 Å². The number of nitrogens with zero attached hydrogens (tertiary/aromatic N) is 2. The zero-order chi connectivity index (χ0) is 32.6. The van der Waals surface area contributed by atoms with Crippen LogP contribution in [0.2, 0.25) is 0 Å². The molecule has 0 spiro atoms. The Morgan fingerprint density at radius 3 is 2.58 bits per heavy atom. The van der Waals surface area contributed by atoms with Gasteiger partial charge in [-0.3, -0.25) is 14.3 Å². The van der Waals surface area contributed by atoms with E-state index >= 15 is 0 Å². The lowest BCUT2D eigenvalue weighted by Gasteiger charge is -2.36. The molecule has 0 radical (unpaired) electrons. The first-order valence-corrected chi connectivity index (χ1v) is 17.6. The maximum absolute atomic E-state index is 14.3. The molecule has 4 atom stereocenters. The normalized spacial score (nSPS) is 20.8. The first-order chi connectivity index (χ1) is 21.5. The molecule has 2 aromatic carbocycles. The fourth-order valence-electron chi connectivity index (χ4n) is 5.22. The number of carbonyl (C=O) groups is 2. The van der Waals surface area contributed by atoms with Crippen molar-refractivity contribution in [3.63, 3.8) is 0 Å². The highest BCUT2D eigenvalue weighted by Crippen LogP contribution is 2.30. The van der Waals surface area contributed by atoms with Crippen molar-refractivity contribution in [1.29, 1.82) is 0 Å². The van der Waals surface area contributed by atoms with Crippen molar-refractivity contribution in [2.75, 3.05) is 38.1 Å². The van der Waals surface area contributed by atoms with Gasteiger partial charge in [-0.15, -0.1) is 11.3 Å². The number of carbonyl (C=O) groups excluding carboxylic acids is 2. The lowest BCUT2D eigenvalue weighted by molar-refractivity contribution is -0.0149. The molecule has 1 aliphatic heterocycles. The Labute approximate surface area is 270 Å². The summed E-state index contributed by atoms with van der Waals surface area (Å²) in [6.07, 6.45) is 1.73. The average Bonchev–Trinajstić information content (AvgIpc) is 3.59. The third-order valence-electron chi connectivity index (χ3n) is 7.88. The molecule has 0 bridgehead atoms. The second kappa shape index (κ2) is 15.7. The zero-order valence-corrected chi connectivity index (χ0v) is 27.9. The van der Waals surface area contributed by atoms with Crippen LogP contribution in [0, 0.1) is 5.92 Å². The molecule has 2 amide bonds. The third kappa shape index (κ3) is 9.06. The van der Waals surface area contributed by atoms with Crippen molar-refractivity contribution in [3.8, 4) is 5.75 Å². The highest BCUT2D eigenvalue weighted by Gasteiger charge is 2.31. The second-order valence-electron chi connectivity index (χ2n) is 11.6. The number of rotatable bonds is 8. The van der Waals surface area contributed by atoms with E-state index in [0.717, 1.165) is 24.2 Å². The Kier molecular flexibility index (Phi) is 12.0. The number of benzene rings is 2. The SMILES string of the molecule is C[C@@H]1CCCCO[C@H](CN(C)C(=O)c2ccccc2)[C@@H](C)CN([C@@H](C)CO)C(=O)c2cc(NS(=O)(=O)c3cccs3)ccc2O1. The van der Waals surface area contributed by atoms with Crippen molar-refractivity contribution in [1.82, 2.24) is 9.80 Å². The third-order valence-corrected chi connectivity index (χ3v) is 10.7. The number of anilines is 1. The van der Waals surface area contributed by atoms with Crippen LogP contribution in [0.1, 0.15) is 60.7 Å². The molecular weight excluding hydrogens is 615 g/mol. The van der Waals surface area contributed by atoms with Gasteiger partial charge in [-0.2, -0.15) is 0 Å². The number of aliphatic hydroxyl groups excluding tert-OH is 1. The quantitative estimate of drug-likeness (QED) is 0.345. The molecule has 244 valence electrons. The van der Waals surface area contributed by atoms with Gasteiger partial charge in [0.15, 0.2) is 0 Å². The second-order valence-corrected chi connectivity index (χ2v) is 14.5. The molecule has 12 heteroatoms. The van der Waals surface area contributed by atoms with Crippen LogP contribution in [0.5, 0.6) is 5.75 Å². The number of nitrogens with one attached hydrogen (secondary N) is 1. The van der Waals surface area contributed by atoms with Crippen LogP contribution in [0.4, 0.5) is 5.69 Å². The summed E-state index contributed by atoms with van der Waals surface area (Å²) in [6, 6.07) is 16.3. The predicted molar refractivity (Wildman–Crippen MR) is 175 cm³/mol. The van der Waals surface area contributed by atoms with Crippen molar-refractivity contribution < 1.29 is 32.6 Å². The van der Waals surface area contributed by atoms with Crippen LogP contribution in [0.25, 0.3) is 0 Å². The smallest absolute Gasteiger partial charge is 0.271 e. The minimum Gasteiger partial charge on any atom is -0.490 e. The monoisotopic (exact) mass is 657 g/mol. The lowest BCUT2D eigenvalue weighted by atomic mass is 10.0. The number of likely N-dealkylation sites (N-methyl/N-ethyl adjacent to an activating group) is 1. The van der Waals surface area contributed by atoms with E-state index in [9.17, 15) is 23.1 Å². The Morgan fingerprint density at radius 2 is 1.89 bits per heavy atom. The summed E-state index contributed by atoms with van der Waals surface area (Å²) in [4.78, 5) is 30.6. The van der Waals surface area contributed by atoms with Gasteiger partial charge in [-0.25, -0.2) is 8.42 Å². The van der Waals surface area contributed by atoms with Crippen LogP contribution < -0.4 is 9.46 Å². The first kappa shape index (κ1) is 34.4. The molecule has 1 aliphatic rings. The van der Waals surface area contributed by atoms with E-state index in [4.69, 9.17) is 9.47 Å². The summed E-state index contributed by atoms with van der Waals surface area (Å²) >= 11 is 1.10. The summed E-state index contributed by atoms with van der Waals surface area (Å²) in [5.74, 6) is -0.416. The number of thiophene rings is 1. The van der Waals surface area contributed by atoms with E-state index in [0.29, 0.717) is 30.9 Å². The average molecular weight is 658 g/mol. The van der Waals surface area contributed by atoms with Crippen molar-refractivity contribution >= 4 is 38.9 Å². The molecule has 1 aromatic heterocycles. The topological polar surface area (TPSA) is 125 Å². The van der Waals surface area contributed by atoms with Crippen LogP contribution in [-0.2, 0) is 14.8 Å². The number of hydrogen-bond acceptors (Lipinski definition) is 8. The molecule has 0 saturated carbocycles. The number of aliphatic hydroxyl groups is 1. The minimum atomic E-state index is -3.85. The maximum Gasteiger partial charge on any atom is 0.271 e. The number of hydrogen-bond donors (Lipinski definition) is 2. The number of amides is 2. The van der Waals surface area contributed by atoms with Crippen molar-refractivity contribution in [2.24, 2.45) is 5.92 Å². The fourth-order valence-corrected chi connectivity index (χ4v) is 7.27. The van der Waals surface area contributed by atoms with Gasteiger partial charge in [0.25, 0.3) is 21.8 Å². The van der Waals surface area contributed by atoms with Crippen LogP contribution >= 0.6 is 11.3 Å². The molecular formula is C33H43N3O7S2. The highest BCUT2D eigenvalue weighted by molar-refractivity contribution is 7.94. The molecule has 10 nitrogen and oxygen atoms in total. The number of ether oxygens (including phenoxy) is 2. The molecule has 3 aromatic rings. The van der Waals surface area contributed by atoms with E-state index < -0.39 is 22.0 Å². The number of sulfonamides is 1. The van der Waals surface area contributed by atoms with Gasteiger partial charge in [0.1, 0.15) is 9.96 Å². The molecule has 4 rings (SSSR count). The first-order valence-electron chi connectivity index (χ1n) is 15.2. The Morgan fingerprint density at radius 1 is 1.13 bits per heavy atom. The summed E-state index contributed by atoms with van der Waals surface area (Å²) < 4.78 is 41.2. The maximum atomic E-state index is 14.3. The molecule has 45 heavy (non-hydrogen) atoms. The Bertz CT molecular complexity index is 1520. The van der Waals surface area contributed by atoms with E-state index in [1.54, 1.807) is 59.5 Å². The summed E-state index contributed by atoms with van der Waals surface area (Å²) in [6.45, 7) is 6.38. The fraction of sp³-hybridized carbons (Fsp3) is 0.455. The van der Waals surface area contributed by atoms with E-state index in [-0.39, 0.29) is 52.6 Å². The molecule has 0 fully saturated rings. The van der Waals surface area contributed by atoms with Crippen LogP contribution in [0.3, 0.4) is 0 Å². The van der Waals surface area contributed by atoms with E-state index in [1.165, 1.54) is 12.1 Å². The van der Waals surface area contributed by atoms with Gasteiger partial charge in [-0.05, 0) is 74.9 Å². The summed E-state index contributed by atoms with van der Waals surface area (Å²) in [5.41, 5.74) is 0.988. The Hall–Kier alpha value is -3.45. The molecule has 0 aliphatic carbocycles. The zero-order valence-electron chi connectivity index (χ0n) is 26.2. The number of fused-ring (bicyclic) bond motifs is 1. The highest BCUT2D eigenvalue weighted by atomic mass is 32.2. The largest absolute Gasteiger partial charge is 0.490 e. The molecule has 0 saturated heterocycles. The van der Waals surface area contributed by atoms with Crippen LogP contribution in [0.15, 0.2) is 70.3 Å². The van der Waals surface area contributed by atoms with Gasteiger partial charge in [0.05, 0.1) is 30.4 Å². The van der Waals surface area contributed by atoms with Crippen molar-refractivity contribution in [3.05, 3.63) is 77.2 Å².